The zero-order valence-corrected chi connectivity index (χ0v) is 9.87. The van der Waals surface area contributed by atoms with Crippen LogP contribution in [0.3, 0.4) is 0 Å². The standard InChI is InChI=1S/C11H14OS2/c1-2-11(13-8-9-14(11)12)10-6-4-3-5-7-10/h3-7H,2,8-9H2,1H3. The Hall–Kier alpha value is -0.280. The second-order valence-electron chi connectivity index (χ2n) is 3.37. The molecule has 1 saturated heterocycles. The highest BCUT2D eigenvalue weighted by Gasteiger charge is 2.41. The predicted molar refractivity (Wildman–Crippen MR) is 63.9 cm³/mol. The monoisotopic (exact) mass is 226 g/mol. The Bertz CT molecular complexity index is 336. The van der Waals surface area contributed by atoms with Gasteiger partial charge in [0, 0.05) is 22.3 Å². The molecule has 1 heterocycles. The van der Waals surface area contributed by atoms with E-state index < -0.39 is 10.8 Å². The van der Waals surface area contributed by atoms with Crippen molar-refractivity contribution < 1.29 is 4.21 Å². The summed E-state index contributed by atoms with van der Waals surface area (Å²) in [6.45, 7) is 2.13. The van der Waals surface area contributed by atoms with Crippen molar-refractivity contribution in [3.05, 3.63) is 35.9 Å². The lowest BCUT2D eigenvalue weighted by atomic mass is 10.1. The molecule has 0 saturated carbocycles. The van der Waals surface area contributed by atoms with Gasteiger partial charge in [0.25, 0.3) is 0 Å². The van der Waals surface area contributed by atoms with Crippen LogP contribution in [0.15, 0.2) is 30.3 Å². The molecular formula is C11H14OS2. The highest BCUT2D eigenvalue weighted by atomic mass is 32.2. The summed E-state index contributed by atoms with van der Waals surface area (Å²) in [7, 11) is -0.707. The van der Waals surface area contributed by atoms with Gasteiger partial charge in [-0.05, 0) is 12.0 Å². The van der Waals surface area contributed by atoms with Crippen LogP contribution in [0.2, 0.25) is 0 Å². The van der Waals surface area contributed by atoms with E-state index in [1.807, 2.05) is 30.0 Å². The number of hydrogen-bond donors (Lipinski definition) is 0. The quantitative estimate of drug-likeness (QED) is 0.771. The molecule has 0 aliphatic carbocycles. The van der Waals surface area contributed by atoms with E-state index in [1.165, 1.54) is 5.56 Å². The SMILES string of the molecule is CCC1(c2ccccc2)SCCS1=O. The molecule has 0 radical (unpaired) electrons. The zero-order chi connectivity index (χ0) is 10.0. The zero-order valence-electron chi connectivity index (χ0n) is 8.23. The van der Waals surface area contributed by atoms with E-state index in [2.05, 4.69) is 19.1 Å². The van der Waals surface area contributed by atoms with Crippen LogP contribution < -0.4 is 0 Å². The van der Waals surface area contributed by atoms with Gasteiger partial charge >= 0.3 is 0 Å². The molecule has 0 amide bonds. The third kappa shape index (κ3) is 1.52. The summed E-state index contributed by atoms with van der Waals surface area (Å²) in [5, 5.41) is 0. The predicted octanol–water partition coefficient (Wildman–Crippen LogP) is 2.74. The van der Waals surface area contributed by atoms with Crippen molar-refractivity contribution in [1.29, 1.82) is 0 Å². The largest absolute Gasteiger partial charge is 0.258 e. The van der Waals surface area contributed by atoms with Crippen molar-refractivity contribution >= 4 is 22.6 Å². The molecule has 0 spiro atoms. The van der Waals surface area contributed by atoms with Crippen LogP contribution in [0.4, 0.5) is 0 Å². The van der Waals surface area contributed by atoms with E-state index in [4.69, 9.17) is 0 Å². The molecule has 0 bridgehead atoms. The van der Waals surface area contributed by atoms with Gasteiger partial charge in [0.05, 0.1) is 0 Å². The van der Waals surface area contributed by atoms with Gasteiger partial charge in [-0.25, -0.2) is 0 Å². The van der Waals surface area contributed by atoms with E-state index in [0.717, 1.165) is 17.9 Å². The molecule has 2 rings (SSSR count). The molecule has 76 valence electrons. The molecule has 1 aromatic carbocycles. The van der Waals surface area contributed by atoms with Crippen molar-refractivity contribution in [2.75, 3.05) is 11.5 Å². The molecule has 0 aromatic heterocycles. The van der Waals surface area contributed by atoms with Crippen LogP contribution in [0, 0.1) is 0 Å². The lowest BCUT2D eigenvalue weighted by Crippen LogP contribution is -2.23. The van der Waals surface area contributed by atoms with Gasteiger partial charge in [-0.2, -0.15) is 0 Å². The molecule has 2 unspecified atom stereocenters. The highest BCUT2D eigenvalue weighted by molar-refractivity contribution is 8.14. The first kappa shape index (κ1) is 10.2. The molecule has 1 aromatic rings. The van der Waals surface area contributed by atoms with Crippen LogP contribution in [0.1, 0.15) is 18.9 Å². The Morgan fingerprint density at radius 1 is 1.43 bits per heavy atom. The minimum absolute atomic E-state index is 0.124. The van der Waals surface area contributed by atoms with Crippen molar-refractivity contribution in [2.24, 2.45) is 0 Å². The fraction of sp³-hybridized carbons (Fsp3) is 0.455. The summed E-state index contributed by atoms with van der Waals surface area (Å²) in [5.74, 6) is 1.86. The molecule has 1 nitrogen and oxygen atoms in total. The molecule has 2 atom stereocenters. The third-order valence-corrected chi connectivity index (χ3v) is 7.05. The number of hydrogen-bond acceptors (Lipinski definition) is 2. The first-order valence-electron chi connectivity index (χ1n) is 4.87. The fourth-order valence-corrected chi connectivity index (χ4v) is 5.74. The van der Waals surface area contributed by atoms with E-state index >= 15 is 0 Å². The lowest BCUT2D eigenvalue weighted by Gasteiger charge is -2.25. The van der Waals surface area contributed by atoms with Gasteiger partial charge < -0.3 is 0 Å². The Balaban J connectivity index is 2.43. The van der Waals surface area contributed by atoms with E-state index in [1.54, 1.807) is 0 Å². The van der Waals surface area contributed by atoms with Gasteiger partial charge in [-0.1, -0.05) is 37.3 Å². The van der Waals surface area contributed by atoms with Crippen LogP contribution in [-0.4, -0.2) is 15.7 Å². The maximum Gasteiger partial charge on any atom is 0.116 e. The summed E-state index contributed by atoms with van der Waals surface area (Å²) >= 11 is 1.85. The number of rotatable bonds is 2. The molecule has 1 fully saturated rings. The van der Waals surface area contributed by atoms with E-state index in [9.17, 15) is 4.21 Å². The average molecular weight is 226 g/mol. The summed E-state index contributed by atoms with van der Waals surface area (Å²) in [6.07, 6.45) is 0.953. The molecule has 0 N–H and O–H groups in total. The minimum atomic E-state index is -0.707. The normalized spacial score (nSPS) is 31.9. The Morgan fingerprint density at radius 2 is 2.14 bits per heavy atom. The summed E-state index contributed by atoms with van der Waals surface area (Å²) < 4.78 is 11.9. The second kappa shape index (κ2) is 4.07. The van der Waals surface area contributed by atoms with Crippen molar-refractivity contribution in [3.8, 4) is 0 Å². The van der Waals surface area contributed by atoms with Crippen molar-refractivity contribution in [1.82, 2.24) is 0 Å². The first-order chi connectivity index (χ1) is 6.79. The molecular weight excluding hydrogens is 212 g/mol. The van der Waals surface area contributed by atoms with Crippen LogP contribution in [0.25, 0.3) is 0 Å². The maximum atomic E-state index is 12.0. The van der Waals surface area contributed by atoms with Gasteiger partial charge in [-0.3, -0.25) is 4.21 Å². The smallest absolute Gasteiger partial charge is 0.116 e. The van der Waals surface area contributed by atoms with Gasteiger partial charge in [0.15, 0.2) is 0 Å². The number of thioether (sulfide) groups is 1. The summed E-state index contributed by atoms with van der Waals surface area (Å²) in [6, 6.07) is 10.3. The lowest BCUT2D eigenvalue weighted by molar-refractivity contribution is 0.664. The van der Waals surface area contributed by atoms with E-state index in [0.29, 0.717) is 0 Å². The number of benzene rings is 1. The summed E-state index contributed by atoms with van der Waals surface area (Å²) in [4.78, 5) is 0. The van der Waals surface area contributed by atoms with Gasteiger partial charge in [0.2, 0.25) is 0 Å². The Morgan fingerprint density at radius 3 is 2.64 bits per heavy atom. The fourth-order valence-electron chi connectivity index (χ4n) is 1.89. The topological polar surface area (TPSA) is 17.1 Å². The van der Waals surface area contributed by atoms with Crippen molar-refractivity contribution in [2.45, 2.75) is 17.4 Å². The van der Waals surface area contributed by atoms with Crippen LogP contribution in [0.5, 0.6) is 0 Å². The Kier molecular flexibility index (Phi) is 2.98. The second-order valence-corrected chi connectivity index (χ2v) is 6.82. The molecule has 3 heteroatoms. The van der Waals surface area contributed by atoms with Crippen LogP contribution in [-0.2, 0) is 14.9 Å². The first-order valence-corrected chi connectivity index (χ1v) is 7.18. The molecule has 1 aliphatic rings. The molecule has 1 aliphatic heterocycles. The highest BCUT2D eigenvalue weighted by Crippen LogP contribution is 2.47. The molecule has 14 heavy (non-hydrogen) atoms. The van der Waals surface area contributed by atoms with Gasteiger partial charge in [0.1, 0.15) is 4.08 Å². The average Bonchev–Trinajstić information content (AvgIpc) is 2.62. The third-order valence-electron chi connectivity index (χ3n) is 2.65. The van der Waals surface area contributed by atoms with E-state index in [-0.39, 0.29) is 4.08 Å². The van der Waals surface area contributed by atoms with Crippen LogP contribution >= 0.6 is 11.8 Å². The van der Waals surface area contributed by atoms with Gasteiger partial charge in [-0.15, -0.1) is 11.8 Å². The Labute approximate surface area is 91.7 Å². The maximum absolute atomic E-state index is 12.0. The van der Waals surface area contributed by atoms with Crippen molar-refractivity contribution in [3.63, 3.8) is 0 Å². The minimum Gasteiger partial charge on any atom is -0.258 e. The summed E-state index contributed by atoms with van der Waals surface area (Å²) in [5.41, 5.74) is 1.23.